The van der Waals surface area contributed by atoms with E-state index >= 15 is 0 Å². The van der Waals surface area contributed by atoms with Crippen LogP contribution < -0.4 is 5.32 Å². The summed E-state index contributed by atoms with van der Waals surface area (Å²) in [5.74, 6) is -0.0834. The maximum Gasteiger partial charge on any atom is 0.393 e. The first kappa shape index (κ1) is 14.1. The molecular formula is C13H23F3N2. The highest BCUT2D eigenvalue weighted by atomic mass is 19.4. The van der Waals surface area contributed by atoms with Crippen LogP contribution in [0.2, 0.25) is 0 Å². The van der Waals surface area contributed by atoms with Crippen molar-refractivity contribution < 1.29 is 13.2 Å². The molecule has 106 valence electrons. The van der Waals surface area contributed by atoms with Crippen molar-refractivity contribution in [3.8, 4) is 0 Å². The number of alkyl halides is 3. The molecule has 2 atom stereocenters. The number of nitrogens with zero attached hydrogens (tertiary/aromatic N) is 1. The fourth-order valence-electron chi connectivity index (χ4n) is 3.25. The van der Waals surface area contributed by atoms with Gasteiger partial charge in [0.25, 0.3) is 0 Å². The van der Waals surface area contributed by atoms with Crippen molar-refractivity contribution in [2.24, 2.45) is 17.8 Å². The molecule has 2 nitrogen and oxygen atoms in total. The van der Waals surface area contributed by atoms with E-state index in [1.807, 2.05) is 4.90 Å². The number of hydrogen-bond donors (Lipinski definition) is 1. The molecule has 2 aliphatic rings. The molecule has 2 aliphatic heterocycles. The average molecular weight is 264 g/mol. The van der Waals surface area contributed by atoms with Crippen LogP contribution in [0.4, 0.5) is 13.2 Å². The average Bonchev–Trinajstić information content (AvgIpc) is 2.37. The third kappa shape index (κ3) is 2.52. The van der Waals surface area contributed by atoms with Gasteiger partial charge in [-0.25, -0.2) is 0 Å². The van der Waals surface area contributed by atoms with Crippen LogP contribution in [0.25, 0.3) is 0 Å². The van der Waals surface area contributed by atoms with E-state index in [9.17, 15) is 13.2 Å². The van der Waals surface area contributed by atoms with E-state index < -0.39 is 17.6 Å². The van der Waals surface area contributed by atoms with E-state index in [2.05, 4.69) is 12.2 Å². The first-order chi connectivity index (χ1) is 8.23. The molecular weight excluding hydrogens is 241 g/mol. The van der Waals surface area contributed by atoms with Crippen LogP contribution in [0.3, 0.4) is 0 Å². The number of nitrogens with one attached hydrogen (secondary N) is 1. The van der Waals surface area contributed by atoms with Crippen LogP contribution in [-0.4, -0.2) is 42.8 Å². The van der Waals surface area contributed by atoms with Gasteiger partial charge in [-0.2, -0.15) is 13.2 Å². The maximum atomic E-state index is 13.0. The van der Waals surface area contributed by atoms with Gasteiger partial charge in [-0.1, -0.05) is 6.92 Å². The van der Waals surface area contributed by atoms with E-state index in [0.717, 1.165) is 19.6 Å². The van der Waals surface area contributed by atoms with Crippen LogP contribution in [0.5, 0.6) is 0 Å². The normalized spacial score (nSPS) is 31.3. The Morgan fingerprint density at radius 2 is 1.94 bits per heavy atom. The van der Waals surface area contributed by atoms with Gasteiger partial charge in [-0.3, -0.25) is 4.90 Å². The summed E-state index contributed by atoms with van der Waals surface area (Å²) < 4.78 is 38.9. The van der Waals surface area contributed by atoms with Crippen LogP contribution >= 0.6 is 0 Å². The Bertz CT molecular complexity index is 297. The molecule has 0 spiro atoms. The molecule has 2 heterocycles. The zero-order valence-electron chi connectivity index (χ0n) is 11.3. The lowest BCUT2D eigenvalue weighted by atomic mass is 9.85. The third-order valence-corrected chi connectivity index (χ3v) is 4.88. The number of rotatable bonds is 3. The van der Waals surface area contributed by atoms with Crippen LogP contribution in [0.15, 0.2) is 0 Å². The fourth-order valence-corrected chi connectivity index (χ4v) is 3.25. The molecule has 0 aromatic rings. The van der Waals surface area contributed by atoms with Gasteiger partial charge in [0, 0.05) is 12.1 Å². The number of hydrogen-bond acceptors (Lipinski definition) is 2. The van der Waals surface area contributed by atoms with Crippen molar-refractivity contribution in [3.63, 3.8) is 0 Å². The minimum absolute atomic E-state index is 0.242. The molecule has 18 heavy (non-hydrogen) atoms. The standard InChI is InChI=1S/C13H23F3N2/c1-9(10-6-17-7-10)8-18-5-4-11(12(18,2)3)13(14,15)16/h9-11,17H,4-8H2,1-3H3. The zero-order chi connectivity index (χ0) is 13.6. The minimum atomic E-state index is -4.07. The quantitative estimate of drug-likeness (QED) is 0.842. The lowest BCUT2D eigenvalue weighted by Gasteiger charge is -2.41. The summed E-state index contributed by atoms with van der Waals surface area (Å²) in [4.78, 5) is 2.04. The summed E-state index contributed by atoms with van der Waals surface area (Å²) in [7, 11) is 0. The van der Waals surface area contributed by atoms with E-state index in [1.165, 1.54) is 0 Å². The number of likely N-dealkylation sites (tertiary alicyclic amines) is 1. The summed E-state index contributed by atoms with van der Waals surface area (Å²) in [6, 6.07) is 0. The second-order valence-corrected chi connectivity index (χ2v) is 6.38. The van der Waals surface area contributed by atoms with E-state index in [0.29, 0.717) is 18.4 Å². The Morgan fingerprint density at radius 3 is 2.33 bits per heavy atom. The Balaban J connectivity index is 1.98. The maximum absolute atomic E-state index is 13.0. The Hall–Kier alpha value is -0.290. The molecule has 0 aliphatic carbocycles. The van der Waals surface area contributed by atoms with Crippen LogP contribution in [0.1, 0.15) is 27.2 Å². The fraction of sp³-hybridized carbons (Fsp3) is 1.00. The van der Waals surface area contributed by atoms with E-state index in [-0.39, 0.29) is 6.42 Å². The molecule has 1 N–H and O–H groups in total. The number of halogens is 3. The molecule has 0 aromatic heterocycles. The first-order valence-electron chi connectivity index (χ1n) is 6.75. The SMILES string of the molecule is CC(CN1CCC(C(F)(F)F)C1(C)C)C1CNC1. The van der Waals surface area contributed by atoms with Crippen molar-refractivity contribution in [3.05, 3.63) is 0 Å². The molecule has 2 fully saturated rings. The predicted molar refractivity (Wildman–Crippen MR) is 65.3 cm³/mol. The van der Waals surface area contributed by atoms with E-state index in [4.69, 9.17) is 0 Å². The van der Waals surface area contributed by atoms with Crippen molar-refractivity contribution in [1.29, 1.82) is 0 Å². The smallest absolute Gasteiger partial charge is 0.316 e. The highest BCUT2D eigenvalue weighted by Crippen LogP contribution is 2.45. The van der Waals surface area contributed by atoms with Crippen molar-refractivity contribution >= 4 is 0 Å². The van der Waals surface area contributed by atoms with Gasteiger partial charge in [0.15, 0.2) is 0 Å². The Labute approximate surface area is 107 Å². The van der Waals surface area contributed by atoms with Gasteiger partial charge in [0.1, 0.15) is 0 Å². The summed E-state index contributed by atoms with van der Waals surface area (Å²) >= 11 is 0. The van der Waals surface area contributed by atoms with Crippen molar-refractivity contribution in [2.45, 2.75) is 38.9 Å². The molecule has 5 heteroatoms. The molecule has 0 radical (unpaired) electrons. The second-order valence-electron chi connectivity index (χ2n) is 6.38. The lowest BCUT2D eigenvalue weighted by molar-refractivity contribution is -0.192. The zero-order valence-corrected chi connectivity index (χ0v) is 11.3. The minimum Gasteiger partial charge on any atom is -0.316 e. The Kier molecular flexibility index (Phi) is 3.67. The second kappa shape index (κ2) is 4.67. The van der Waals surface area contributed by atoms with Crippen molar-refractivity contribution in [1.82, 2.24) is 10.2 Å². The van der Waals surface area contributed by atoms with Gasteiger partial charge in [-0.05, 0) is 51.7 Å². The van der Waals surface area contributed by atoms with Gasteiger partial charge in [0.2, 0.25) is 0 Å². The van der Waals surface area contributed by atoms with Gasteiger partial charge < -0.3 is 5.32 Å². The third-order valence-electron chi connectivity index (χ3n) is 4.88. The highest BCUT2D eigenvalue weighted by molar-refractivity contribution is 4.99. The van der Waals surface area contributed by atoms with Gasteiger partial charge in [0.05, 0.1) is 5.92 Å². The van der Waals surface area contributed by atoms with Gasteiger partial charge >= 0.3 is 6.18 Å². The predicted octanol–water partition coefficient (Wildman–Crippen LogP) is 2.50. The Morgan fingerprint density at radius 1 is 1.33 bits per heavy atom. The molecule has 0 amide bonds. The topological polar surface area (TPSA) is 15.3 Å². The summed E-state index contributed by atoms with van der Waals surface area (Å²) in [5.41, 5.74) is -0.760. The molecule has 2 rings (SSSR count). The molecule has 0 saturated carbocycles. The highest BCUT2D eigenvalue weighted by Gasteiger charge is 2.54. The lowest BCUT2D eigenvalue weighted by Crippen LogP contribution is -2.52. The van der Waals surface area contributed by atoms with Crippen LogP contribution in [-0.2, 0) is 0 Å². The molecule has 0 bridgehead atoms. The first-order valence-corrected chi connectivity index (χ1v) is 6.75. The monoisotopic (exact) mass is 264 g/mol. The molecule has 2 unspecified atom stereocenters. The van der Waals surface area contributed by atoms with Gasteiger partial charge in [-0.15, -0.1) is 0 Å². The summed E-state index contributed by atoms with van der Waals surface area (Å²) in [6.45, 7) is 9.01. The molecule has 2 saturated heterocycles. The van der Waals surface area contributed by atoms with Crippen LogP contribution in [0, 0.1) is 17.8 Å². The van der Waals surface area contributed by atoms with E-state index in [1.54, 1.807) is 13.8 Å². The largest absolute Gasteiger partial charge is 0.393 e. The summed E-state index contributed by atoms with van der Waals surface area (Å²) in [5, 5.41) is 3.22. The van der Waals surface area contributed by atoms with Crippen molar-refractivity contribution in [2.75, 3.05) is 26.2 Å². The summed E-state index contributed by atoms with van der Waals surface area (Å²) in [6.07, 6.45) is -3.83. The molecule has 0 aromatic carbocycles.